The molecule has 0 N–H and O–H groups in total. The average Bonchev–Trinajstić information content (AvgIpc) is 3.07. The van der Waals surface area contributed by atoms with Gasteiger partial charge in [0.15, 0.2) is 0 Å². The van der Waals surface area contributed by atoms with Crippen molar-refractivity contribution in [2.24, 2.45) is 5.92 Å². The number of carbonyl (C=O) groups is 1. The van der Waals surface area contributed by atoms with Crippen LogP contribution in [-0.2, 0) is 17.8 Å². The van der Waals surface area contributed by atoms with Gasteiger partial charge in [-0.1, -0.05) is 28.4 Å². The van der Waals surface area contributed by atoms with Crippen LogP contribution in [0, 0.1) is 5.92 Å². The van der Waals surface area contributed by atoms with Crippen LogP contribution in [0.25, 0.3) is 0 Å². The SMILES string of the molecule is CN(CC1CCN(CCc2ccc(Cl)cc2)CC1)C(=O)C[n+]1cc([O-])on1. The Morgan fingerprint density at radius 1 is 1.37 bits per heavy atom. The summed E-state index contributed by atoms with van der Waals surface area (Å²) in [5.41, 5.74) is 1.30. The summed E-state index contributed by atoms with van der Waals surface area (Å²) in [6.45, 7) is 3.91. The Hall–Kier alpha value is -2.12. The second-order valence-electron chi connectivity index (χ2n) is 7.15. The molecule has 27 heavy (non-hydrogen) atoms. The quantitative estimate of drug-likeness (QED) is 0.659. The van der Waals surface area contributed by atoms with Crippen LogP contribution >= 0.6 is 11.6 Å². The number of nitrogens with zero attached hydrogens (tertiary/aromatic N) is 4. The molecule has 2 heterocycles. The normalized spacial score (nSPS) is 15.8. The number of piperidine rings is 1. The molecular weight excluding hydrogens is 368 g/mol. The maximum atomic E-state index is 12.2. The van der Waals surface area contributed by atoms with Crippen molar-refractivity contribution in [3.05, 3.63) is 41.0 Å². The predicted molar refractivity (Wildman–Crippen MR) is 98.1 cm³/mol. The number of benzene rings is 1. The summed E-state index contributed by atoms with van der Waals surface area (Å²) in [7, 11) is 1.80. The standard InChI is InChI=1S/C19H25ClN4O3/c1-22(18(25)13-24-14-19(26)27-21-24)12-16-7-10-23(11-8-16)9-6-15-2-4-17(20)5-3-15/h2-5,14,16H,6-13H2,1H3. The maximum Gasteiger partial charge on any atom is 0.290 e. The number of carbonyl (C=O) groups excluding carboxylic acids is 1. The molecule has 0 spiro atoms. The molecule has 1 aromatic carbocycles. The van der Waals surface area contributed by atoms with Gasteiger partial charge in [0.1, 0.15) is 5.95 Å². The van der Waals surface area contributed by atoms with Gasteiger partial charge in [-0.15, -0.1) is 0 Å². The summed E-state index contributed by atoms with van der Waals surface area (Å²) < 4.78 is 5.68. The molecule has 0 unspecified atom stereocenters. The van der Waals surface area contributed by atoms with E-state index in [1.165, 1.54) is 16.4 Å². The van der Waals surface area contributed by atoms with E-state index in [9.17, 15) is 9.90 Å². The molecule has 0 saturated carbocycles. The minimum Gasteiger partial charge on any atom is -0.539 e. The van der Waals surface area contributed by atoms with Crippen LogP contribution in [0.1, 0.15) is 18.4 Å². The number of likely N-dealkylation sites (N-methyl/N-ethyl adjacent to an activating group) is 1. The Bertz CT molecular complexity index is 742. The number of halogens is 1. The molecule has 1 amide bonds. The lowest BCUT2D eigenvalue weighted by Crippen LogP contribution is -2.46. The summed E-state index contributed by atoms with van der Waals surface area (Å²) in [4.78, 5) is 16.4. The van der Waals surface area contributed by atoms with E-state index in [2.05, 4.69) is 26.8 Å². The molecule has 0 atom stereocenters. The number of hydrogen-bond acceptors (Lipinski definition) is 5. The lowest BCUT2D eigenvalue weighted by molar-refractivity contribution is -0.751. The highest BCUT2D eigenvalue weighted by Crippen LogP contribution is 2.19. The zero-order chi connectivity index (χ0) is 19.2. The Labute approximate surface area is 164 Å². The van der Waals surface area contributed by atoms with Crippen molar-refractivity contribution < 1.29 is 19.1 Å². The first kappa shape index (κ1) is 19.6. The van der Waals surface area contributed by atoms with Crippen molar-refractivity contribution in [1.29, 1.82) is 0 Å². The largest absolute Gasteiger partial charge is 0.539 e. The molecule has 0 radical (unpaired) electrons. The van der Waals surface area contributed by atoms with E-state index in [0.717, 1.165) is 50.5 Å². The van der Waals surface area contributed by atoms with E-state index in [4.69, 9.17) is 11.6 Å². The molecule has 1 saturated heterocycles. The van der Waals surface area contributed by atoms with E-state index in [0.29, 0.717) is 5.92 Å². The van der Waals surface area contributed by atoms with Gasteiger partial charge in [-0.3, -0.25) is 4.79 Å². The van der Waals surface area contributed by atoms with Gasteiger partial charge in [-0.2, -0.15) is 0 Å². The van der Waals surface area contributed by atoms with Gasteiger partial charge in [0, 0.05) is 25.2 Å². The molecule has 8 heteroatoms. The Morgan fingerprint density at radius 2 is 2.07 bits per heavy atom. The van der Waals surface area contributed by atoms with Crippen molar-refractivity contribution in [3.63, 3.8) is 0 Å². The molecule has 0 bridgehead atoms. The Kier molecular flexibility index (Phi) is 6.68. The van der Waals surface area contributed by atoms with Crippen LogP contribution in [0.2, 0.25) is 5.02 Å². The van der Waals surface area contributed by atoms with E-state index in [1.54, 1.807) is 11.9 Å². The minimum atomic E-state index is -0.545. The summed E-state index contributed by atoms with van der Waals surface area (Å²) >= 11 is 5.92. The highest BCUT2D eigenvalue weighted by molar-refractivity contribution is 6.30. The van der Waals surface area contributed by atoms with Crippen LogP contribution in [0.4, 0.5) is 0 Å². The van der Waals surface area contributed by atoms with E-state index < -0.39 is 5.95 Å². The molecule has 1 aliphatic rings. The van der Waals surface area contributed by atoms with E-state index in [1.807, 2.05) is 12.1 Å². The smallest absolute Gasteiger partial charge is 0.290 e. The fourth-order valence-corrected chi connectivity index (χ4v) is 3.54. The fraction of sp³-hybridized carbons (Fsp3) is 0.526. The summed E-state index contributed by atoms with van der Waals surface area (Å²) in [5.74, 6) is -0.113. The average molecular weight is 393 g/mol. The Morgan fingerprint density at radius 3 is 2.70 bits per heavy atom. The predicted octanol–water partition coefficient (Wildman–Crippen LogP) is 1.10. The van der Waals surface area contributed by atoms with Crippen molar-refractivity contribution >= 4 is 17.5 Å². The molecule has 3 rings (SSSR count). The molecule has 146 valence electrons. The second-order valence-corrected chi connectivity index (χ2v) is 7.59. The van der Waals surface area contributed by atoms with Crippen molar-refractivity contribution in [1.82, 2.24) is 15.1 Å². The number of rotatable bonds is 7. The van der Waals surface area contributed by atoms with Crippen LogP contribution in [0.3, 0.4) is 0 Å². The van der Waals surface area contributed by atoms with Crippen molar-refractivity contribution in [2.75, 3.05) is 33.2 Å². The van der Waals surface area contributed by atoms with Crippen molar-refractivity contribution in [2.45, 2.75) is 25.8 Å². The molecule has 2 aromatic rings. The first-order valence-corrected chi connectivity index (χ1v) is 9.61. The molecule has 7 nitrogen and oxygen atoms in total. The van der Waals surface area contributed by atoms with Crippen LogP contribution in [-0.4, -0.2) is 54.2 Å². The summed E-state index contributed by atoms with van der Waals surface area (Å²) in [5, 5.41) is 15.2. The third-order valence-electron chi connectivity index (χ3n) is 5.08. The topological polar surface area (TPSA) is 76.5 Å². The highest BCUT2D eigenvalue weighted by atomic mass is 35.5. The maximum absolute atomic E-state index is 12.2. The van der Waals surface area contributed by atoms with Gasteiger partial charge in [-0.25, -0.2) is 0 Å². The minimum absolute atomic E-state index is 0.0299. The van der Waals surface area contributed by atoms with Crippen molar-refractivity contribution in [3.8, 4) is 5.95 Å². The molecule has 1 aliphatic heterocycles. The van der Waals surface area contributed by atoms with Crippen LogP contribution < -0.4 is 9.79 Å². The zero-order valence-electron chi connectivity index (χ0n) is 15.5. The molecule has 1 aromatic heterocycles. The summed E-state index contributed by atoms with van der Waals surface area (Å²) in [6.07, 6.45) is 4.38. The number of likely N-dealkylation sites (tertiary alicyclic amines) is 1. The summed E-state index contributed by atoms with van der Waals surface area (Å²) in [6, 6.07) is 8.03. The van der Waals surface area contributed by atoms with Gasteiger partial charge in [0.25, 0.3) is 12.5 Å². The number of aromatic nitrogens is 2. The van der Waals surface area contributed by atoms with Crippen LogP contribution in [0.15, 0.2) is 35.0 Å². The first-order valence-electron chi connectivity index (χ1n) is 9.24. The highest BCUT2D eigenvalue weighted by Gasteiger charge is 2.23. The third-order valence-corrected chi connectivity index (χ3v) is 5.33. The molecule has 1 fully saturated rings. The van der Waals surface area contributed by atoms with Crippen LogP contribution in [0.5, 0.6) is 5.95 Å². The first-order chi connectivity index (χ1) is 13.0. The lowest BCUT2D eigenvalue weighted by atomic mass is 9.96. The Balaban J connectivity index is 1.37. The van der Waals surface area contributed by atoms with Gasteiger partial charge >= 0.3 is 0 Å². The van der Waals surface area contributed by atoms with Gasteiger partial charge in [-0.05, 0) is 56.0 Å². The number of hydrogen-bond donors (Lipinski definition) is 0. The third kappa shape index (κ3) is 5.94. The number of amides is 1. The molecule has 0 aliphatic carbocycles. The van der Waals surface area contributed by atoms with Gasteiger partial charge in [0.05, 0.1) is 5.27 Å². The fourth-order valence-electron chi connectivity index (χ4n) is 3.42. The van der Waals surface area contributed by atoms with Gasteiger partial charge in [0.2, 0.25) is 6.20 Å². The monoisotopic (exact) mass is 392 g/mol. The van der Waals surface area contributed by atoms with E-state index >= 15 is 0 Å². The lowest BCUT2D eigenvalue weighted by Gasteiger charge is -2.33. The zero-order valence-corrected chi connectivity index (χ0v) is 16.3. The van der Waals surface area contributed by atoms with Gasteiger partial charge < -0.3 is 19.4 Å². The van der Waals surface area contributed by atoms with E-state index in [-0.39, 0.29) is 12.5 Å². The molecular formula is C19H25ClN4O3. The second kappa shape index (κ2) is 9.19.